The lowest BCUT2D eigenvalue weighted by atomic mass is 9.88. The molecular weight excluding hydrogens is 226 g/mol. The topological polar surface area (TPSA) is 38.3 Å². The second-order valence-electron chi connectivity index (χ2n) is 5.33. The van der Waals surface area contributed by atoms with Crippen LogP contribution in [0.4, 0.5) is 0 Å². The Bertz CT molecular complexity index is 291. The molecule has 4 unspecified atom stereocenters. The lowest BCUT2D eigenvalue weighted by molar-refractivity contribution is -0.128. The minimum atomic E-state index is -0.107. The Hall–Kier alpha value is -0.280. The summed E-state index contributed by atoms with van der Waals surface area (Å²) < 4.78 is 5.68. The maximum Gasteiger partial charge on any atom is 0.226 e. The summed E-state index contributed by atoms with van der Waals surface area (Å²) in [5.74, 6) is 0.879. The van der Waals surface area contributed by atoms with Gasteiger partial charge in [0.2, 0.25) is 5.91 Å². The minimum absolute atomic E-state index is 0.0103. The number of nitrogens with one attached hydrogen (secondary N) is 1. The van der Waals surface area contributed by atoms with Crippen LogP contribution in [-0.4, -0.2) is 29.5 Å². The molecule has 0 aromatic rings. The standard InChI is InChI=1S/C12H20ClNO2/c1-7-8(2)16-9(3)10(7)11(15)14-12(6-13)4-5-12/h7-10H,4-6H2,1-3H3,(H,14,15). The van der Waals surface area contributed by atoms with Crippen LogP contribution in [0.25, 0.3) is 0 Å². The van der Waals surface area contributed by atoms with Crippen molar-refractivity contribution in [3.05, 3.63) is 0 Å². The Balaban J connectivity index is 1.99. The number of hydrogen-bond acceptors (Lipinski definition) is 2. The van der Waals surface area contributed by atoms with Crippen molar-refractivity contribution in [1.82, 2.24) is 5.32 Å². The van der Waals surface area contributed by atoms with E-state index in [-0.39, 0.29) is 35.5 Å². The number of hydrogen-bond donors (Lipinski definition) is 1. The monoisotopic (exact) mass is 245 g/mol. The van der Waals surface area contributed by atoms with Gasteiger partial charge in [0.15, 0.2) is 0 Å². The first-order valence-corrected chi connectivity index (χ1v) is 6.56. The first-order valence-electron chi connectivity index (χ1n) is 6.02. The van der Waals surface area contributed by atoms with Crippen molar-refractivity contribution in [3.63, 3.8) is 0 Å². The van der Waals surface area contributed by atoms with Crippen LogP contribution in [0.3, 0.4) is 0 Å². The van der Waals surface area contributed by atoms with E-state index in [1.165, 1.54) is 0 Å². The minimum Gasteiger partial charge on any atom is -0.374 e. The Labute approximate surface area is 102 Å². The fraction of sp³-hybridized carbons (Fsp3) is 0.917. The number of ether oxygens (including phenoxy) is 1. The number of halogens is 1. The van der Waals surface area contributed by atoms with E-state index < -0.39 is 0 Å². The molecule has 2 aliphatic rings. The van der Waals surface area contributed by atoms with Crippen molar-refractivity contribution in [1.29, 1.82) is 0 Å². The van der Waals surface area contributed by atoms with Gasteiger partial charge in [-0.15, -0.1) is 11.6 Å². The van der Waals surface area contributed by atoms with E-state index in [0.29, 0.717) is 5.88 Å². The molecule has 0 bridgehead atoms. The predicted octanol–water partition coefficient (Wildman–Crippen LogP) is 1.93. The van der Waals surface area contributed by atoms with Gasteiger partial charge in [-0.05, 0) is 32.6 Å². The number of amides is 1. The molecule has 0 aromatic carbocycles. The Kier molecular flexibility index (Phi) is 3.19. The SMILES string of the molecule is CC1OC(C)C(C(=O)NC2(CCl)CC2)C1C. The van der Waals surface area contributed by atoms with Gasteiger partial charge in [-0.2, -0.15) is 0 Å². The molecule has 16 heavy (non-hydrogen) atoms. The van der Waals surface area contributed by atoms with Crippen LogP contribution in [0.5, 0.6) is 0 Å². The van der Waals surface area contributed by atoms with E-state index in [1.807, 2.05) is 13.8 Å². The molecule has 1 saturated carbocycles. The summed E-state index contributed by atoms with van der Waals surface area (Å²) in [5, 5.41) is 3.09. The molecule has 1 heterocycles. The third kappa shape index (κ3) is 2.07. The second kappa shape index (κ2) is 4.19. The molecule has 1 aliphatic carbocycles. The van der Waals surface area contributed by atoms with Crippen LogP contribution in [0, 0.1) is 11.8 Å². The summed E-state index contributed by atoms with van der Waals surface area (Å²) in [5.41, 5.74) is -0.107. The summed E-state index contributed by atoms with van der Waals surface area (Å²) in [6, 6.07) is 0. The van der Waals surface area contributed by atoms with Crippen LogP contribution < -0.4 is 5.32 Å². The van der Waals surface area contributed by atoms with E-state index in [1.54, 1.807) is 0 Å². The fourth-order valence-corrected chi connectivity index (χ4v) is 2.84. The third-order valence-electron chi connectivity index (χ3n) is 4.04. The highest BCUT2D eigenvalue weighted by molar-refractivity contribution is 6.19. The molecule has 1 amide bonds. The van der Waals surface area contributed by atoms with Gasteiger partial charge in [0.25, 0.3) is 0 Å². The number of carbonyl (C=O) groups excluding carboxylic acids is 1. The third-order valence-corrected chi connectivity index (χ3v) is 4.55. The maximum absolute atomic E-state index is 12.2. The first kappa shape index (κ1) is 12.2. The van der Waals surface area contributed by atoms with Gasteiger partial charge in [0.1, 0.15) is 0 Å². The van der Waals surface area contributed by atoms with Gasteiger partial charge in [-0.1, -0.05) is 6.92 Å². The van der Waals surface area contributed by atoms with E-state index in [2.05, 4.69) is 12.2 Å². The Morgan fingerprint density at radius 1 is 1.38 bits per heavy atom. The van der Waals surface area contributed by atoms with Gasteiger partial charge in [-0.25, -0.2) is 0 Å². The number of carbonyl (C=O) groups is 1. The zero-order chi connectivity index (χ0) is 11.9. The van der Waals surface area contributed by atoms with Crippen molar-refractivity contribution >= 4 is 17.5 Å². The molecule has 2 rings (SSSR count). The number of alkyl halides is 1. The van der Waals surface area contributed by atoms with Gasteiger partial charge in [-0.3, -0.25) is 4.79 Å². The second-order valence-corrected chi connectivity index (χ2v) is 5.60. The molecule has 0 spiro atoms. The highest BCUT2D eigenvalue weighted by Crippen LogP contribution is 2.38. The molecule has 2 fully saturated rings. The molecule has 0 radical (unpaired) electrons. The fourth-order valence-electron chi connectivity index (χ4n) is 2.51. The zero-order valence-electron chi connectivity index (χ0n) is 10.1. The maximum atomic E-state index is 12.2. The smallest absolute Gasteiger partial charge is 0.226 e. The summed E-state index contributed by atoms with van der Waals surface area (Å²) in [6.07, 6.45) is 2.19. The molecule has 92 valence electrons. The van der Waals surface area contributed by atoms with Gasteiger partial charge < -0.3 is 10.1 Å². The highest BCUT2D eigenvalue weighted by Gasteiger charge is 2.48. The lowest BCUT2D eigenvalue weighted by Gasteiger charge is -2.22. The molecule has 1 aliphatic heterocycles. The van der Waals surface area contributed by atoms with Crippen LogP contribution in [0.15, 0.2) is 0 Å². The van der Waals surface area contributed by atoms with E-state index in [0.717, 1.165) is 12.8 Å². The number of rotatable bonds is 3. The molecule has 1 saturated heterocycles. The van der Waals surface area contributed by atoms with Crippen molar-refractivity contribution in [2.75, 3.05) is 5.88 Å². The van der Waals surface area contributed by atoms with Gasteiger partial charge >= 0.3 is 0 Å². The quantitative estimate of drug-likeness (QED) is 0.772. The summed E-state index contributed by atoms with van der Waals surface area (Å²) in [4.78, 5) is 12.2. The normalized spacial score (nSPS) is 40.8. The van der Waals surface area contributed by atoms with E-state index in [4.69, 9.17) is 16.3 Å². The molecule has 3 nitrogen and oxygen atoms in total. The van der Waals surface area contributed by atoms with Crippen LogP contribution in [0.1, 0.15) is 33.6 Å². The zero-order valence-corrected chi connectivity index (χ0v) is 10.9. The van der Waals surface area contributed by atoms with Crippen molar-refractivity contribution in [2.45, 2.75) is 51.4 Å². The van der Waals surface area contributed by atoms with Crippen molar-refractivity contribution in [3.8, 4) is 0 Å². The molecular formula is C12H20ClNO2. The van der Waals surface area contributed by atoms with E-state index >= 15 is 0 Å². The van der Waals surface area contributed by atoms with E-state index in [9.17, 15) is 4.79 Å². The van der Waals surface area contributed by atoms with Gasteiger partial charge in [0.05, 0.1) is 23.7 Å². The van der Waals surface area contributed by atoms with Crippen molar-refractivity contribution in [2.24, 2.45) is 11.8 Å². The molecule has 4 atom stereocenters. The first-order chi connectivity index (χ1) is 7.49. The average molecular weight is 246 g/mol. The lowest BCUT2D eigenvalue weighted by Crippen LogP contribution is -2.45. The highest BCUT2D eigenvalue weighted by atomic mass is 35.5. The summed E-state index contributed by atoms with van der Waals surface area (Å²) >= 11 is 5.86. The van der Waals surface area contributed by atoms with Gasteiger partial charge in [0, 0.05) is 5.88 Å². The largest absolute Gasteiger partial charge is 0.374 e. The van der Waals surface area contributed by atoms with Crippen LogP contribution >= 0.6 is 11.6 Å². The predicted molar refractivity (Wildman–Crippen MR) is 63.5 cm³/mol. The molecule has 4 heteroatoms. The Morgan fingerprint density at radius 3 is 2.38 bits per heavy atom. The van der Waals surface area contributed by atoms with Crippen LogP contribution in [-0.2, 0) is 9.53 Å². The Morgan fingerprint density at radius 2 is 2.00 bits per heavy atom. The van der Waals surface area contributed by atoms with Crippen LogP contribution in [0.2, 0.25) is 0 Å². The molecule has 1 N–H and O–H groups in total. The molecule has 0 aromatic heterocycles. The average Bonchev–Trinajstić information content (AvgIpc) is 2.92. The summed E-state index contributed by atoms with van der Waals surface area (Å²) in [6.45, 7) is 6.09. The summed E-state index contributed by atoms with van der Waals surface area (Å²) in [7, 11) is 0. The van der Waals surface area contributed by atoms with Crippen molar-refractivity contribution < 1.29 is 9.53 Å².